The maximum Gasteiger partial charge on any atom is 0.255 e. The van der Waals surface area contributed by atoms with Gasteiger partial charge in [-0.3, -0.25) is 9.59 Å². The fourth-order valence-corrected chi connectivity index (χ4v) is 2.91. The summed E-state index contributed by atoms with van der Waals surface area (Å²) in [4.78, 5) is 26.7. The minimum Gasteiger partial charge on any atom is -0.348 e. The molecule has 0 aliphatic rings. The molecule has 0 radical (unpaired) electrons. The first kappa shape index (κ1) is 20.3. The second kappa shape index (κ2) is 9.66. The number of nitrogens with zero attached hydrogens (tertiary/aromatic N) is 1. The first-order chi connectivity index (χ1) is 14.0. The lowest BCUT2D eigenvalue weighted by Gasteiger charge is -2.11. The molecule has 5 nitrogen and oxygen atoms in total. The van der Waals surface area contributed by atoms with Crippen LogP contribution in [-0.4, -0.2) is 30.8 Å². The average molecular weight is 387 g/mol. The minimum atomic E-state index is -0.180. The van der Waals surface area contributed by atoms with Crippen LogP contribution < -0.4 is 10.6 Å². The highest BCUT2D eigenvalue weighted by Gasteiger charge is 2.08. The minimum absolute atomic E-state index is 0.150. The van der Waals surface area contributed by atoms with E-state index in [9.17, 15) is 9.59 Å². The van der Waals surface area contributed by atoms with Crippen LogP contribution in [0.4, 0.5) is 5.69 Å². The van der Waals surface area contributed by atoms with Crippen molar-refractivity contribution in [2.24, 2.45) is 0 Å². The van der Waals surface area contributed by atoms with Gasteiger partial charge in [0.25, 0.3) is 11.8 Å². The molecule has 0 aliphatic carbocycles. The molecule has 5 heteroatoms. The zero-order valence-electron chi connectivity index (χ0n) is 16.7. The molecule has 0 unspecified atom stereocenters. The second-order valence-electron chi connectivity index (χ2n) is 7.13. The van der Waals surface area contributed by atoms with E-state index in [1.54, 1.807) is 36.4 Å². The van der Waals surface area contributed by atoms with E-state index in [-0.39, 0.29) is 11.8 Å². The maximum atomic E-state index is 12.4. The highest BCUT2D eigenvalue weighted by Crippen LogP contribution is 2.12. The van der Waals surface area contributed by atoms with E-state index >= 15 is 0 Å². The SMILES string of the molecule is CN(C)Cc1ccc(CNC(=O)c2ccc(NC(=O)c3ccccc3)cc2)cc1. The van der Waals surface area contributed by atoms with Crippen LogP contribution in [0.25, 0.3) is 0 Å². The molecule has 0 atom stereocenters. The van der Waals surface area contributed by atoms with Crippen LogP contribution in [0.3, 0.4) is 0 Å². The molecule has 29 heavy (non-hydrogen) atoms. The van der Waals surface area contributed by atoms with Crippen molar-refractivity contribution in [3.8, 4) is 0 Å². The van der Waals surface area contributed by atoms with E-state index in [1.165, 1.54) is 5.56 Å². The summed E-state index contributed by atoms with van der Waals surface area (Å²) in [6.45, 7) is 1.35. The van der Waals surface area contributed by atoms with Gasteiger partial charge in [0.05, 0.1) is 0 Å². The van der Waals surface area contributed by atoms with Crippen LogP contribution in [0.1, 0.15) is 31.8 Å². The van der Waals surface area contributed by atoms with E-state index in [4.69, 9.17) is 0 Å². The lowest BCUT2D eigenvalue weighted by molar-refractivity contribution is 0.0950. The number of amides is 2. The van der Waals surface area contributed by atoms with E-state index in [0.717, 1.165) is 12.1 Å². The Morgan fingerprint density at radius 2 is 1.31 bits per heavy atom. The van der Waals surface area contributed by atoms with Gasteiger partial charge in [0, 0.05) is 29.9 Å². The fraction of sp³-hybridized carbons (Fsp3) is 0.167. The Bertz CT molecular complexity index is 950. The molecule has 3 aromatic rings. The molecule has 0 fully saturated rings. The quantitative estimate of drug-likeness (QED) is 0.646. The number of hydrogen-bond donors (Lipinski definition) is 2. The van der Waals surface area contributed by atoms with E-state index in [0.29, 0.717) is 23.4 Å². The van der Waals surface area contributed by atoms with Gasteiger partial charge in [-0.2, -0.15) is 0 Å². The smallest absolute Gasteiger partial charge is 0.255 e. The third-order valence-corrected chi connectivity index (χ3v) is 4.42. The molecule has 0 saturated carbocycles. The number of anilines is 1. The lowest BCUT2D eigenvalue weighted by Crippen LogP contribution is -2.22. The van der Waals surface area contributed by atoms with Crippen molar-refractivity contribution in [3.63, 3.8) is 0 Å². The molecule has 148 valence electrons. The summed E-state index contributed by atoms with van der Waals surface area (Å²) in [5.74, 6) is -0.330. The molecular formula is C24H25N3O2. The van der Waals surface area contributed by atoms with Crippen LogP contribution in [0.15, 0.2) is 78.9 Å². The third kappa shape index (κ3) is 6.02. The average Bonchev–Trinajstić information content (AvgIpc) is 2.74. The molecule has 2 N–H and O–H groups in total. The number of benzene rings is 3. The van der Waals surface area contributed by atoms with Crippen LogP contribution in [0.5, 0.6) is 0 Å². The van der Waals surface area contributed by atoms with E-state index in [2.05, 4.69) is 27.7 Å². The summed E-state index contributed by atoms with van der Waals surface area (Å²) in [7, 11) is 4.07. The largest absolute Gasteiger partial charge is 0.348 e. The van der Waals surface area contributed by atoms with Crippen molar-refractivity contribution in [2.75, 3.05) is 19.4 Å². The number of rotatable bonds is 7. The number of hydrogen-bond acceptors (Lipinski definition) is 3. The Balaban J connectivity index is 1.53. The predicted molar refractivity (Wildman–Crippen MR) is 116 cm³/mol. The summed E-state index contributed by atoms with van der Waals surface area (Å²) in [6, 6.07) is 24.1. The molecule has 0 aromatic heterocycles. The van der Waals surface area contributed by atoms with E-state index < -0.39 is 0 Å². The van der Waals surface area contributed by atoms with Crippen LogP contribution in [0.2, 0.25) is 0 Å². The molecule has 3 rings (SSSR count). The fourth-order valence-electron chi connectivity index (χ4n) is 2.91. The normalized spacial score (nSPS) is 10.6. The second-order valence-corrected chi connectivity index (χ2v) is 7.13. The van der Waals surface area contributed by atoms with Gasteiger partial charge in [0.1, 0.15) is 0 Å². The van der Waals surface area contributed by atoms with Crippen molar-refractivity contribution >= 4 is 17.5 Å². The van der Waals surface area contributed by atoms with Gasteiger partial charge in [-0.25, -0.2) is 0 Å². The highest BCUT2D eigenvalue weighted by atomic mass is 16.2. The standard InChI is InChI=1S/C24H25N3O2/c1-27(2)17-19-10-8-18(9-11-19)16-25-23(28)21-12-14-22(15-13-21)26-24(29)20-6-4-3-5-7-20/h3-15H,16-17H2,1-2H3,(H,25,28)(H,26,29). The van der Waals surface area contributed by atoms with Gasteiger partial charge in [-0.1, -0.05) is 42.5 Å². The van der Waals surface area contributed by atoms with Crippen LogP contribution >= 0.6 is 0 Å². The van der Waals surface area contributed by atoms with Gasteiger partial charge in [0.2, 0.25) is 0 Å². The first-order valence-electron chi connectivity index (χ1n) is 9.48. The van der Waals surface area contributed by atoms with Crippen molar-refractivity contribution in [1.82, 2.24) is 10.2 Å². The predicted octanol–water partition coefficient (Wildman–Crippen LogP) is 3.93. The molecule has 0 spiro atoms. The summed E-state index contributed by atoms with van der Waals surface area (Å²) in [5.41, 5.74) is 4.07. The van der Waals surface area contributed by atoms with Crippen molar-refractivity contribution in [1.29, 1.82) is 0 Å². The lowest BCUT2D eigenvalue weighted by atomic mass is 10.1. The molecule has 2 amide bonds. The Morgan fingerprint density at radius 3 is 1.93 bits per heavy atom. The summed E-state index contributed by atoms with van der Waals surface area (Å²) >= 11 is 0. The number of nitrogens with one attached hydrogen (secondary N) is 2. The zero-order valence-corrected chi connectivity index (χ0v) is 16.7. The van der Waals surface area contributed by atoms with Gasteiger partial charge in [-0.15, -0.1) is 0 Å². The molecule has 0 aliphatic heterocycles. The van der Waals surface area contributed by atoms with Crippen LogP contribution in [-0.2, 0) is 13.1 Å². The molecule has 0 heterocycles. The summed E-state index contributed by atoms with van der Waals surface area (Å²) < 4.78 is 0. The molecule has 0 bridgehead atoms. The number of carbonyl (C=O) groups is 2. The third-order valence-electron chi connectivity index (χ3n) is 4.42. The van der Waals surface area contributed by atoms with Gasteiger partial charge in [0.15, 0.2) is 0 Å². The van der Waals surface area contributed by atoms with Gasteiger partial charge >= 0.3 is 0 Å². The number of carbonyl (C=O) groups excluding carboxylic acids is 2. The molecule has 3 aromatic carbocycles. The topological polar surface area (TPSA) is 61.4 Å². The summed E-state index contributed by atoms with van der Waals surface area (Å²) in [5, 5.41) is 5.75. The first-order valence-corrected chi connectivity index (χ1v) is 9.48. The monoisotopic (exact) mass is 387 g/mol. The van der Waals surface area contributed by atoms with Crippen LogP contribution in [0, 0.1) is 0 Å². The Labute approximate surface area is 171 Å². The highest BCUT2D eigenvalue weighted by molar-refractivity contribution is 6.04. The van der Waals surface area contributed by atoms with Crippen molar-refractivity contribution < 1.29 is 9.59 Å². The zero-order chi connectivity index (χ0) is 20.6. The Hall–Kier alpha value is -3.44. The van der Waals surface area contributed by atoms with Crippen molar-refractivity contribution in [2.45, 2.75) is 13.1 Å². The Kier molecular flexibility index (Phi) is 6.76. The van der Waals surface area contributed by atoms with Gasteiger partial charge < -0.3 is 15.5 Å². The van der Waals surface area contributed by atoms with E-state index in [1.807, 2.05) is 44.4 Å². The van der Waals surface area contributed by atoms with Crippen molar-refractivity contribution in [3.05, 3.63) is 101 Å². The molecule has 0 saturated heterocycles. The Morgan fingerprint density at radius 1 is 0.724 bits per heavy atom. The summed E-state index contributed by atoms with van der Waals surface area (Å²) in [6.07, 6.45) is 0. The van der Waals surface area contributed by atoms with Gasteiger partial charge in [-0.05, 0) is 61.6 Å². The molecular weight excluding hydrogens is 362 g/mol. The maximum absolute atomic E-state index is 12.4.